The molecule has 1 heterocycles. The molecule has 1 fully saturated rings. The molecular weight excluding hydrogens is 322 g/mol. The Kier molecular flexibility index (Phi) is 4.95. The summed E-state index contributed by atoms with van der Waals surface area (Å²) in [5.74, 6) is -0.243. The number of carbonyl (C=O) groups is 1. The Hall–Kier alpha value is -2.93. The number of hydrogen-bond acceptors (Lipinski definition) is 5. The first kappa shape index (κ1) is 16.9. The Labute approximate surface area is 145 Å². The first-order valence-electron chi connectivity index (χ1n) is 8.04. The van der Waals surface area contributed by atoms with Gasteiger partial charge in [-0.15, -0.1) is 0 Å². The van der Waals surface area contributed by atoms with Crippen molar-refractivity contribution >= 4 is 23.0 Å². The third-order valence-electron chi connectivity index (χ3n) is 4.07. The molecule has 2 aromatic rings. The molecule has 130 valence electrons. The monoisotopic (exact) mass is 341 g/mol. The lowest BCUT2D eigenvalue weighted by molar-refractivity contribution is -0.384. The summed E-state index contributed by atoms with van der Waals surface area (Å²) in [6, 6.07) is 11.8. The second-order valence-corrected chi connectivity index (χ2v) is 5.88. The number of benzene rings is 2. The molecule has 0 spiro atoms. The minimum Gasteiger partial charge on any atom is -0.378 e. The topological polar surface area (TPSA) is 84.7 Å². The van der Waals surface area contributed by atoms with Crippen molar-refractivity contribution in [2.45, 2.75) is 6.92 Å². The largest absolute Gasteiger partial charge is 0.378 e. The molecular formula is C18H19N3O4. The van der Waals surface area contributed by atoms with Crippen LogP contribution >= 0.6 is 0 Å². The highest BCUT2D eigenvalue weighted by Crippen LogP contribution is 2.31. The second-order valence-electron chi connectivity index (χ2n) is 5.88. The number of amides is 1. The summed E-state index contributed by atoms with van der Waals surface area (Å²) in [5, 5.41) is 14.0. The Morgan fingerprint density at radius 2 is 1.96 bits per heavy atom. The lowest BCUT2D eigenvalue weighted by atomic mass is 10.1. The number of anilines is 2. The Bertz CT molecular complexity index is 801. The SMILES string of the molecule is Cc1cccc(C(=O)Nc2ccc([N+](=O)[O-])cc2N2CCOCC2)c1. The van der Waals surface area contributed by atoms with Crippen molar-refractivity contribution in [3.8, 4) is 0 Å². The third-order valence-corrected chi connectivity index (χ3v) is 4.07. The van der Waals surface area contributed by atoms with E-state index >= 15 is 0 Å². The average Bonchev–Trinajstić information content (AvgIpc) is 2.62. The highest BCUT2D eigenvalue weighted by Gasteiger charge is 2.20. The molecule has 7 nitrogen and oxygen atoms in total. The van der Waals surface area contributed by atoms with Crippen LogP contribution in [0.1, 0.15) is 15.9 Å². The van der Waals surface area contributed by atoms with Crippen molar-refractivity contribution in [3.05, 3.63) is 63.7 Å². The number of nitro benzene ring substituents is 1. The number of morpholine rings is 1. The molecule has 1 amide bonds. The zero-order chi connectivity index (χ0) is 17.8. The second kappa shape index (κ2) is 7.31. The molecule has 0 aromatic heterocycles. The van der Waals surface area contributed by atoms with Gasteiger partial charge in [-0.3, -0.25) is 14.9 Å². The van der Waals surface area contributed by atoms with E-state index in [1.165, 1.54) is 12.1 Å². The molecule has 1 aliphatic heterocycles. The smallest absolute Gasteiger partial charge is 0.271 e. The van der Waals surface area contributed by atoms with E-state index in [1.807, 2.05) is 24.0 Å². The fraction of sp³-hybridized carbons (Fsp3) is 0.278. The quantitative estimate of drug-likeness (QED) is 0.682. The summed E-state index contributed by atoms with van der Waals surface area (Å²) < 4.78 is 5.34. The van der Waals surface area contributed by atoms with Gasteiger partial charge in [0.25, 0.3) is 11.6 Å². The molecule has 2 aromatic carbocycles. The summed E-state index contributed by atoms with van der Waals surface area (Å²) in [6.07, 6.45) is 0. The third kappa shape index (κ3) is 3.95. The van der Waals surface area contributed by atoms with Gasteiger partial charge in [0.2, 0.25) is 0 Å². The van der Waals surface area contributed by atoms with E-state index in [2.05, 4.69) is 5.32 Å². The van der Waals surface area contributed by atoms with Gasteiger partial charge < -0.3 is 15.0 Å². The van der Waals surface area contributed by atoms with E-state index in [0.717, 1.165) is 5.56 Å². The number of nitrogens with zero attached hydrogens (tertiary/aromatic N) is 2. The Balaban J connectivity index is 1.91. The van der Waals surface area contributed by atoms with E-state index < -0.39 is 4.92 Å². The molecule has 0 aliphatic carbocycles. The summed E-state index contributed by atoms with van der Waals surface area (Å²) in [5.41, 5.74) is 2.73. The van der Waals surface area contributed by atoms with Crippen molar-refractivity contribution < 1.29 is 14.5 Å². The Morgan fingerprint density at radius 1 is 1.20 bits per heavy atom. The molecule has 25 heavy (non-hydrogen) atoms. The van der Waals surface area contributed by atoms with E-state index in [4.69, 9.17) is 4.74 Å². The van der Waals surface area contributed by atoms with Crippen LogP contribution in [0.4, 0.5) is 17.1 Å². The maximum Gasteiger partial charge on any atom is 0.271 e. The van der Waals surface area contributed by atoms with Gasteiger partial charge in [0.05, 0.1) is 29.5 Å². The number of carbonyl (C=O) groups excluding carboxylic acids is 1. The van der Waals surface area contributed by atoms with Crippen LogP contribution in [0.2, 0.25) is 0 Å². The van der Waals surface area contributed by atoms with Gasteiger partial charge in [-0.2, -0.15) is 0 Å². The van der Waals surface area contributed by atoms with Crippen LogP contribution in [0, 0.1) is 17.0 Å². The van der Waals surface area contributed by atoms with Crippen LogP contribution in [-0.2, 0) is 4.74 Å². The number of non-ortho nitro benzene ring substituents is 1. The van der Waals surface area contributed by atoms with Crippen LogP contribution in [0.3, 0.4) is 0 Å². The van der Waals surface area contributed by atoms with Gasteiger partial charge in [-0.1, -0.05) is 17.7 Å². The normalized spacial score (nSPS) is 14.2. The minimum absolute atomic E-state index is 0.00459. The molecule has 0 unspecified atom stereocenters. The fourth-order valence-electron chi connectivity index (χ4n) is 2.79. The van der Waals surface area contributed by atoms with Crippen molar-refractivity contribution in [2.75, 3.05) is 36.5 Å². The van der Waals surface area contributed by atoms with Gasteiger partial charge >= 0.3 is 0 Å². The molecule has 1 saturated heterocycles. The molecule has 3 rings (SSSR count). The number of rotatable bonds is 4. The number of hydrogen-bond donors (Lipinski definition) is 1. The van der Waals surface area contributed by atoms with Gasteiger partial charge in [-0.25, -0.2) is 0 Å². The number of aryl methyl sites for hydroxylation is 1. The lowest BCUT2D eigenvalue weighted by Gasteiger charge is -2.30. The van der Waals surface area contributed by atoms with E-state index in [0.29, 0.717) is 43.2 Å². The highest BCUT2D eigenvalue weighted by molar-refractivity contribution is 6.06. The van der Waals surface area contributed by atoms with Crippen LogP contribution in [0.25, 0.3) is 0 Å². The van der Waals surface area contributed by atoms with Crippen LogP contribution < -0.4 is 10.2 Å². The maximum atomic E-state index is 12.5. The average molecular weight is 341 g/mol. The maximum absolute atomic E-state index is 12.5. The minimum atomic E-state index is -0.434. The highest BCUT2D eigenvalue weighted by atomic mass is 16.6. The predicted molar refractivity (Wildman–Crippen MR) is 95.3 cm³/mol. The number of ether oxygens (including phenoxy) is 1. The molecule has 0 atom stereocenters. The molecule has 0 saturated carbocycles. The molecule has 0 radical (unpaired) electrons. The van der Waals surface area contributed by atoms with Gasteiger partial charge in [-0.05, 0) is 25.1 Å². The standard InChI is InChI=1S/C18H19N3O4/c1-13-3-2-4-14(11-13)18(22)19-16-6-5-15(21(23)24)12-17(16)20-7-9-25-10-8-20/h2-6,11-12H,7-10H2,1H3,(H,19,22). The Morgan fingerprint density at radius 3 is 2.64 bits per heavy atom. The summed E-state index contributed by atoms with van der Waals surface area (Å²) in [6.45, 7) is 4.26. The summed E-state index contributed by atoms with van der Waals surface area (Å²) in [7, 11) is 0. The van der Waals surface area contributed by atoms with Crippen LogP contribution in [0.15, 0.2) is 42.5 Å². The van der Waals surface area contributed by atoms with E-state index in [9.17, 15) is 14.9 Å². The van der Waals surface area contributed by atoms with Crippen molar-refractivity contribution in [1.82, 2.24) is 0 Å². The summed E-state index contributed by atoms with van der Waals surface area (Å²) >= 11 is 0. The number of nitrogens with one attached hydrogen (secondary N) is 1. The first-order chi connectivity index (χ1) is 12.0. The van der Waals surface area contributed by atoms with Crippen molar-refractivity contribution in [1.29, 1.82) is 0 Å². The van der Waals surface area contributed by atoms with Crippen molar-refractivity contribution in [2.24, 2.45) is 0 Å². The number of nitro groups is 1. The predicted octanol–water partition coefficient (Wildman–Crippen LogP) is 2.99. The van der Waals surface area contributed by atoms with Crippen LogP contribution in [-0.4, -0.2) is 37.1 Å². The fourth-order valence-corrected chi connectivity index (χ4v) is 2.79. The zero-order valence-electron chi connectivity index (χ0n) is 13.9. The molecule has 0 bridgehead atoms. The van der Waals surface area contributed by atoms with Gasteiger partial charge in [0.15, 0.2) is 0 Å². The molecule has 1 N–H and O–H groups in total. The van der Waals surface area contributed by atoms with E-state index in [1.54, 1.807) is 18.2 Å². The van der Waals surface area contributed by atoms with Crippen molar-refractivity contribution in [3.63, 3.8) is 0 Å². The van der Waals surface area contributed by atoms with E-state index in [-0.39, 0.29) is 11.6 Å². The molecule has 7 heteroatoms. The lowest BCUT2D eigenvalue weighted by Crippen LogP contribution is -2.36. The zero-order valence-corrected chi connectivity index (χ0v) is 13.9. The van der Waals surface area contributed by atoms with Crippen LogP contribution in [0.5, 0.6) is 0 Å². The summed E-state index contributed by atoms with van der Waals surface area (Å²) in [4.78, 5) is 25.2. The van der Waals surface area contributed by atoms with Gasteiger partial charge in [0, 0.05) is 30.8 Å². The first-order valence-corrected chi connectivity index (χ1v) is 8.04. The molecule has 1 aliphatic rings. The van der Waals surface area contributed by atoms with Gasteiger partial charge in [0.1, 0.15) is 0 Å².